The molecule has 2 atom stereocenters. The first kappa shape index (κ1) is 13.3. The van der Waals surface area contributed by atoms with Gasteiger partial charge in [-0.3, -0.25) is 0 Å². The summed E-state index contributed by atoms with van der Waals surface area (Å²) in [5, 5.41) is 3.63. The van der Waals surface area contributed by atoms with Gasteiger partial charge in [0.2, 0.25) is 0 Å². The van der Waals surface area contributed by atoms with Gasteiger partial charge in [0, 0.05) is 25.2 Å². The van der Waals surface area contributed by atoms with Crippen LogP contribution in [-0.4, -0.2) is 48.6 Å². The number of likely N-dealkylation sites (tertiary alicyclic amines) is 1. The molecule has 1 N–H and O–H groups in total. The van der Waals surface area contributed by atoms with E-state index in [4.69, 9.17) is 0 Å². The Hall–Kier alpha value is 0.270. The van der Waals surface area contributed by atoms with Crippen LogP contribution in [0.4, 0.5) is 0 Å². The molecule has 3 heteroatoms. The summed E-state index contributed by atoms with van der Waals surface area (Å²) in [6.07, 6.45) is 3.52. The van der Waals surface area contributed by atoms with Crippen molar-refractivity contribution in [1.82, 2.24) is 10.2 Å². The van der Waals surface area contributed by atoms with Crippen molar-refractivity contribution in [3.8, 4) is 0 Å². The summed E-state index contributed by atoms with van der Waals surface area (Å²) in [5.41, 5.74) is 0. The lowest BCUT2D eigenvalue weighted by atomic mass is 10.2. The maximum atomic E-state index is 3.63. The van der Waals surface area contributed by atoms with Crippen molar-refractivity contribution in [2.75, 3.05) is 31.6 Å². The van der Waals surface area contributed by atoms with Crippen molar-refractivity contribution in [3.05, 3.63) is 0 Å². The van der Waals surface area contributed by atoms with Crippen molar-refractivity contribution in [3.63, 3.8) is 0 Å². The minimum atomic E-state index is 0.624. The van der Waals surface area contributed by atoms with E-state index in [2.05, 4.69) is 37.2 Å². The van der Waals surface area contributed by atoms with Crippen LogP contribution in [0.3, 0.4) is 0 Å². The second-order valence-electron chi connectivity index (χ2n) is 5.13. The number of hydrogen-bond acceptors (Lipinski definition) is 3. The molecule has 2 nitrogen and oxygen atoms in total. The molecular weight excluding hydrogens is 204 g/mol. The molecule has 0 aliphatic carbocycles. The van der Waals surface area contributed by atoms with E-state index in [0.29, 0.717) is 6.04 Å². The van der Waals surface area contributed by atoms with E-state index in [1.807, 2.05) is 11.8 Å². The Morgan fingerprint density at radius 1 is 1.40 bits per heavy atom. The molecule has 0 amide bonds. The summed E-state index contributed by atoms with van der Waals surface area (Å²) in [4.78, 5) is 2.61. The van der Waals surface area contributed by atoms with E-state index in [1.54, 1.807) is 0 Å². The SMILES string of the molecule is CSCC(C)CN1CCC(NC(C)C)C1. The molecule has 2 unspecified atom stereocenters. The number of nitrogens with one attached hydrogen (secondary N) is 1. The van der Waals surface area contributed by atoms with E-state index < -0.39 is 0 Å². The van der Waals surface area contributed by atoms with Gasteiger partial charge in [-0.1, -0.05) is 20.8 Å². The number of thioether (sulfide) groups is 1. The van der Waals surface area contributed by atoms with Crippen LogP contribution in [0.1, 0.15) is 27.2 Å². The topological polar surface area (TPSA) is 15.3 Å². The molecule has 1 heterocycles. The highest BCUT2D eigenvalue weighted by molar-refractivity contribution is 7.98. The molecule has 0 radical (unpaired) electrons. The number of nitrogens with zero attached hydrogens (tertiary/aromatic N) is 1. The van der Waals surface area contributed by atoms with Crippen molar-refractivity contribution in [2.24, 2.45) is 5.92 Å². The van der Waals surface area contributed by atoms with Gasteiger partial charge in [0.1, 0.15) is 0 Å². The van der Waals surface area contributed by atoms with Crippen LogP contribution < -0.4 is 5.32 Å². The Balaban J connectivity index is 2.18. The van der Waals surface area contributed by atoms with Crippen LogP contribution >= 0.6 is 11.8 Å². The Kier molecular flexibility index (Phi) is 6.02. The molecule has 0 bridgehead atoms. The second-order valence-corrected chi connectivity index (χ2v) is 6.04. The fourth-order valence-electron chi connectivity index (χ4n) is 2.38. The van der Waals surface area contributed by atoms with Crippen molar-refractivity contribution < 1.29 is 0 Å². The largest absolute Gasteiger partial charge is 0.310 e. The minimum Gasteiger partial charge on any atom is -0.310 e. The summed E-state index contributed by atoms with van der Waals surface area (Å²) >= 11 is 1.96. The molecule has 0 saturated carbocycles. The molecule has 1 saturated heterocycles. The third kappa shape index (κ3) is 5.23. The maximum Gasteiger partial charge on any atom is 0.0209 e. The van der Waals surface area contributed by atoms with Crippen LogP contribution in [0.15, 0.2) is 0 Å². The molecule has 0 spiro atoms. The fraction of sp³-hybridized carbons (Fsp3) is 1.00. The first-order chi connectivity index (χ1) is 7.11. The summed E-state index contributed by atoms with van der Waals surface area (Å²) in [7, 11) is 0. The molecule has 90 valence electrons. The molecule has 15 heavy (non-hydrogen) atoms. The third-order valence-corrected chi connectivity index (χ3v) is 3.76. The number of hydrogen-bond donors (Lipinski definition) is 1. The van der Waals surface area contributed by atoms with E-state index in [9.17, 15) is 0 Å². The molecule has 0 aromatic heterocycles. The van der Waals surface area contributed by atoms with Gasteiger partial charge in [0.25, 0.3) is 0 Å². The summed E-state index contributed by atoms with van der Waals surface area (Å²) in [6, 6.07) is 1.35. The lowest BCUT2D eigenvalue weighted by molar-refractivity contribution is 0.290. The van der Waals surface area contributed by atoms with Gasteiger partial charge < -0.3 is 10.2 Å². The van der Waals surface area contributed by atoms with Gasteiger partial charge in [0.15, 0.2) is 0 Å². The Labute approximate surface area is 99.2 Å². The van der Waals surface area contributed by atoms with Crippen molar-refractivity contribution in [2.45, 2.75) is 39.3 Å². The van der Waals surface area contributed by atoms with Gasteiger partial charge in [-0.2, -0.15) is 11.8 Å². The van der Waals surface area contributed by atoms with E-state index in [1.165, 1.54) is 31.8 Å². The standard InChI is InChI=1S/C12H26N2S/c1-10(2)13-12-5-6-14(8-12)7-11(3)9-15-4/h10-13H,5-9H2,1-4H3. The Morgan fingerprint density at radius 2 is 2.13 bits per heavy atom. The van der Waals surface area contributed by atoms with Crippen LogP contribution in [0.25, 0.3) is 0 Å². The Bertz CT molecular complexity index is 173. The average molecular weight is 230 g/mol. The third-order valence-electron chi connectivity index (χ3n) is 2.86. The zero-order chi connectivity index (χ0) is 11.3. The van der Waals surface area contributed by atoms with Crippen LogP contribution in [0, 0.1) is 5.92 Å². The van der Waals surface area contributed by atoms with Gasteiger partial charge >= 0.3 is 0 Å². The lowest BCUT2D eigenvalue weighted by Gasteiger charge is -2.21. The van der Waals surface area contributed by atoms with Crippen LogP contribution in [-0.2, 0) is 0 Å². The van der Waals surface area contributed by atoms with Gasteiger partial charge in [-0.15, -0.1) is 0 Å². The molecule has 1 aliphatic rings. The van der Waals surface area contributed by atoms with Crippen LogP contribution in [0.5, 0.6) is 0 Å². The predicted molar refractivity (Wildman–Crippen MR) is 70.7 cm³/mol. The van der Waals surface area contributed by atoms with E-state index in [-0.39, 0.29) is 0 Å². The number of rotatable bonds is 6. The lowest BCUT2D eigenvalue weighted by Crippen LogP contribution is -2.37. The fourth-order valence-corrected chi connectivity index (χ4v) is 3.06. The average Bonchev–Trinajstić information content (AvgIpc) is 2.51. The van der Waals surface area contributed by atoms with E-state index >= 15 is 0 Å². The van der Waals surface area contributed by atoms with Gasteiger partial charge in [0.05, 0.1) is 0 Å². The minimum absolute atomic E-state index is 0.624. The molecule has 1 fully saturated rings. The zero-order valence-electron chi connectivity index (χ0n) is 10.6. The first-order valence-corrected chi connectivity index (χ1v) is 7.48. The highest BCUT2D eigenvalue weighted by atomic mass is 32.2. The first-order valence-electron chi connectivity index (χ1n) is 6.09. The highest BCUT2D eigenvalue weighted by Gasteiger charge is 2.23. The van der Waals surface area contributed by atoms with Crippen molar-refractivity contribution >= 4 is 11.8 Å². The van der Waals surface area contributed by atoms with Crippen LogP contribution in [0.2, 0.25) is 0 Å². The van der Waals surface area contributed by atoms with E-state index in [0.717, 1.165) is 12.0 Å². The normalized spacial score (nSPS) is 25.0. The van der Waals surface area contributed by atoms with Crippen molar-refractivity contribution in [1.29, 1.82) is 0 Å². The monoisotopic (exact) mass is 230 g/mol. The molecule has 1 aliphatic heterocycles. The molecule has 0 aromatic carbocycles. The molecular formula is C12H26N2S. The summed E-state index contributed by atoms with van der Waals surface area (Å²) < 4.78 is 0. The zero-order valence-corrected chi connectivity index (χ0v) is 11.4. The smallest absolute Gasteiger partial charge is 0.0209 e. The molecule has 1 rings (SSSR count). The second kappa shape index (κ2) is 6.77. The quantitative estimate of drug-likeness (QED) is 0.752. The summed E-state index contributed by atoms with van der Waals surface area (Å²) in [5.74, 6) is 2.12. The Morgan fingerprint density at radius 3 is 2.73 bits per heavy atom. The predicted octanol–water partition coefficient (Wildman–Crippen LogP) is 2.06. The molecule has 0 aromatic rings. The van der Waals surface area contributed by atoms with Gasteiger partial charge in [-0.05, 0) is 30.9 Å². The van der Waals surface area contributed by atoms with Gasteiger partial charge in [-0.25, -0.2) is 0 Å². The maximum absolute atomic E-state index is 3.63. The highest BCUT2D eigenvalue weighted by Crippen LogP contribution is 2.14. The summed E-state index contributed by atoms with van der Waals surface area (Å²) in [6.45, 7) is 10.6.